The Labute approximate surface area is 150 Å². The first-order valence-electron chi connectivity index (χ1n) is 8.80. The zero-order chi connectivity index (χ0) is 17.4. The molecular weight excluding hydrogens is 336 g/mol. The van der Waals surface area contributed by atoms with Crippen LogP contribution in [0.15, 0.2) is 29.4 Å². The number of carbonyl (C=O) groups is 2. The maximum atomic E-state index is 12.4. The molecule has 0 atom stereocenters. The normalized spacial score (nSPS) is 19.4. The number of piperidine rings is 1. The lowest BCUT2D eigenvalue weighted by Crippen LogP contribution is -2.43. The highest BCUT2D eigenvalue weighted by atomic mass is 32.1. The van der Waals surface area contributed by atoms with Gasteiger partial charge in [-0.25, -0.2) is 5.43 Å². The zero-order valence-electron chi connectivity index (χ0n) is 14.3. The number of nitrogens with zero attached hydrogens (tertiary/aromatic N) is 3. The fourth-order valence-corrected chi connectivity index (χ4v) is 4.31. The molecule has 1 N–H and O–H groups in total. The molecule has 1 aromatic carbocycles. The van der Waals surface area contributed by atoms with E-state index in [0.29, 0.717) is 13.1 Å². The van der Waals surface area contributed by atoms with Gasteiger partial charge in [-0.1, -0.05) is 23.5 Å². The van der Waals surface area contributed by atoms with Crippen molar-refractivity contribution in [2.75, 3.05) is 13.1 Å². The molecule has 1 saturated carbocycles. The van der Waals surface area contributed by atoms with Gasteiger partial charge in [-0.2, -0.15) is 0 Å². The molecule has 1 aliphatic carbocycles. The molecule has 2 fully saturated rings. The third-order valence-electron chi connectivity index (χ3n) is 5.08. The molecule has 1 aromatic heterocycles. The Balaban J connectivity index is 1.39. The maximum Gasteiger partial charge on any atom is 0.243 e. The van der Waals surface area contributed by atoms with Crippen LogP contribution in [0.4, 0.5) is 0 Å². The van der Waals surface area contributed by atoms with E-state index in [9.17, 15) is 9.59 Å². The van der Waals surface area contributed by atoms with E-state index in [4.69, 9.17) is 0 Å². The average Bonchev–Trinajstić information content (AvgIpc) is 3.45. The van der Waals surface area contributed by atoms with E-state index in [1.165, 1.54) is 0 Å². The summed E-state index contributed by atoms with van der Waals surface area (Å²) in [5, 5.41) is 4.31. The van der Waals surface area contributed by atoms with Crippen LogP contribution in [0.5, 0.6) is 0 Å². The van der Waals surface area contributed by atoms with Crippen molar-refractivity contribution < 1.29 is 9.59 Å². The number of carbonyl (C=O) groups excluding carboxylic acids is 2. The summed E-state index contributed by atoms with van der Waals surface area (Å²) in [7, 11) is 1.95. The molecular formula is C18H22N4O2S. The fourth-order valence-electron chi connectivity index (χ4n) is 3.33. The minimum absolute atomic E-state index is 0.0454. The highest BCUT2D eigenvalue weighted by Gasteiger charge is 2.35. The highest BCUT2D eigenvalue weighted by molar-refractivity contribution is 7.16. The van der Waals surface area contributed by atoms with Crippen LogP contribution in [0, 0.1) is 11.8 Å². The second kappa shape index (κ2) is 6.63. The Morgan fingerprint density at radius 1 is 1.12 bits per heavy atom. The van der Waals surface area contributed by atoms with Crippen LogP contribution in [0.1, 0.15) is 25.7 Å². The molecule has 1 aliphatic heterocycles. The van der Waals surface area contributed by atoms with Gasteiger partial charge in [-0.3, -0.25) is 9.59 Å². The molecule has 0 unspecified atom stereocenters. The van der Waals surface area contributed by atoms with Crippen molar-refractivity contribution >= 4 is 33.4 Å². The number of amides is 2. The minimum atomic E-state index is -0.0633. The standard InChI is InChI=1S/C18H22N4O2S/c1-21-14-4-2-3-5-15(14)25-18(21)20-19-16(23)12-8-10-22(11-9-12)17(24)13-6-7-13/h2-5,12-13H,6-11H2,1H3,(H,19,23)/b20-18+. The Morgan fingerprint density at radius 2 is 1.84 bits per heavy atom. The molecule has 25 heavy (non-hydrogen) atoms. The summed E-state index contributed by atoms with van der Waals surface area (Å²) in [5.74, 6) is 0.428. The molecule has 0 radical (unpaired) electrons. The quantitative estimate of drug-likeness (QED) is 0.851. The van der Waals surface area contributed by atoms with Gasteiger partial charge < -0.3 is 9.47 Å². The number of nitrogens with one attached hydrogen (secondary N) is 1. The van der Waals surface area contributed by atoms with E-state index in [2.05, 4.69) is 10.5 Å². The number of hydrogen-bond acceptors (Lipinski definition) is 4. The molecule has 2 aliphatic rings. The van der Waals surface area contributed by atoms with Crippen LogP contribution in [0.2, 0.25) is 0 Å². The molecule has 2 amide bonds. The lowest BCUT2D eigenvalue weighted by molar-refractivity contribution is -0.136. The maximum absolute atomic E-state index is 12.4. The van der Waals surface area contributed by atoms with Crippen molar-refractivity contribution in [2.45, 2.75) is 25.7 Å². The van der Waals surface area contributed by atoms with Crippen molar-refractivity contribution in [3.63, 3.8) is 0 Å². The number of fused-ring (bicyclic) bond motifs is 1. The Kier molecular flexibility index (Phi) is 4.33. The highest BCUT2D eigenvalue weighted by Crippen LogP contribution is 2.32. The van der Waals surface area contributed by atoms with Crippen molar-refractivity contribution in [3.05, 3.63) is 29.1 Å². The number of aryl methyl sites for hydroxylation is 1. The average molecular weight is 358 g/mol. The van der Waals surface area contributed by atoms with Gasteiger partial charge in [0.1, 0.15) is 0 Å². The molecule has 7 heteroatoms. The van der Waals surface area contributed by atoms with Crippen molar-refractivity contribution in [1.29, 1.82) is 0 Å². The topological polar surface area (TPSA) is 66.7 Å². The SMILES string of the molecule is Cn1/c(=N\NC(=O)C2CCN(C(=O)C3CC3)CC2)sc2ccccc21. The van der Waals surface area contributed by atoms with E-state index < -0.39 is 0 Å². The van der Waals surface area contributed by atoms with Gasteiger partial charge in [0.25, 0.3) is 0 Å². The van der Waals surface area contributed by atoms with E-state index >= 15 is 0 Å². The van der Waals surface area contributed by atoms with E-state index in [0.717, 1.165) is 40.7 Å². The van der Waals surface area contributed by atoms with Gasteiger partial charge >= 0.3 is 0 Å². The van der Waals surface area contributed by atoms with Crippen LogP contribution in [0.3, 0.4) is 0 Å². The number of rotatable bonds is 3. The largest absolute Gasteiger partial charge is 0.342 e. The lowest BCUT2D eigenvalue weighted by Gasteiger charge is -2.31. The summed E-state index contributed by atoms with van der Waals surface area (Å²) < 4.78 is 3.13. The third kappa shape index (κ3) is 3.33. The molecule has 1 saturated heterocycles. The monoisotopic (exact) mass is 358 g/mol. The number of para-hydroxylation sites is 1. The summed E-state index contributed by atoms with van der Waals surface area (Å²) in [4.78, 5) is 27.2. The predicted octanol–water partition coefficient (Wildman–Crippen LogP) is 1.82. The summed E-state index contributed by atoms with van der Waals surface area (Å²) >= 11 is 1.56. The Bertz CT molecular complexity index is 873. The van der Waals surface area contributed by atoms with Crippen LogP contribution in [0.25, 0.3) is 10.2 Å². The molecule has 2 heterocycles. The van der Waals surface area contributed by atoms with E-state index in [1.807, 2.05) is 40.8 Å². The predicted molar refractivity (Wildman–Crippen MR) is 96.5 cm³/mol. The summed E-state index contributed by atoms with van der Waals surface area (Å²) in [6, 6.07) is 8.08. The lowest BCUT2D eigenvalue weighted by atomic mass is 9.96. The van der Waals surface area contributed by atoms with Crippen LogP contribution < -0.4 is 10.2 Å². The Hall–Kier alpha value is -2.15. The molecule has 0 spiro atoms. The zero-order valence-corrected chi connectivity index (χ0v) is 15.1. The molecule has 4 rings (SSSR count). The van der Waals surface area contributed by atoms with Crippen LogP contribution in [-0.4, -0.2) is 34.4 Å². The van der Waals surface area contributed by atoms with E-state index in [-0.39, 0.29) is 23.7 Å². The molecule has 0 bridgehead atoms. The van der Waals surface area contributed by atoms with Crippen molar-refractivity contribution in [2.24, 2.45) is 24.0 Å². The Morgan fingerprint density at radius 3 is 2.52 bits per heavy atom. The smallest absolute Gasteiger partial charge is 0.243 e. The first-order chi connectivity index (χ1) is 12.1. The van der Waals surface area contributed by atoms with E-state index in [1.54, 1.807) is 11.3 Å². The van der Waals surface area contributed by atoms with Crippen LogP contribution in [-0.2, 0) is 16.6 Å². The van der Waals surface area contributed by atoms with Gasteiger partial charge in [0.2, 0.25) is 16.6 Å². The second-order valence-electron chi connectivity index (χ2n) is 6.87. The number of benzene rings is 1. The van der Waals surface area contributed by atoms with Crippen LogP contribution >= 0.6 is 11.3 Å². The fraction of sp³-hybridized carbons (Fsp3) is 0.500. The van der Waals surface area contributed by atoms with Gasteiger partial charge in [0, 0.05) is 32.0 Å². The summed E-state index contributed by atoms with van der Waals surface area (Å²) in [5.41, 5.74) is 3.83. The first-order valence-corrected chi connectivity index (χ1v) is 9.62. The number of hydrogen-bond donors (Lipinski definition) is 1. The number of thiazole rings is 1. The molecule has 2 aromatic rings. The second-order valence-corrected chi connectivity index (χ2v) is 7.88. The minimum Gasteiger partial charge on any atom is -0.342 e. The van der Waals surface area contributed by atoms with Gasteiger partial charge in [-0.05, 0) is 37.8 Å². The number of likely N-dealkylation sites (tertiary alicyclic amines) is 1. The van der Waals surface area contributed by atoms with Gasteiger partial charge in [0.05, 0.1) is 10.2 Å². The summed E-state index contributed by atoms with van der Waals surface area (Å²) in [6.07, 6.45) is 3.51. The number of aromatic nitrogens is 1. The van der Waals surface area contributed by atoms with Crippen molar-refractivity contribution in [3.8, 4) is 0 Å². The first kappa shape index (κ1) is 16.3. The van der Waals surface area contributed by atoms with Crippen molar-refractivity contribution in [1.82, 2.24) is 14.9 Å². The molecule has 6 nitrogen and oxygen atoms in total. The summed E-state index contributed by atoms with van der Waals surface area (Å²) in [6.45, 7) is 1.37. The third-order valence-corrected chi connectivity index (χ3v) is 6.19. The van der Waals surface area contributed by atoms with Gasteiger partial charge in [-0.15, -0.1) is 5.10 Å². The van der Waals surface area contributed by atoms with Gasteiger partial charge in [0.15, 0.2) is 0 Å². The molecule has 132 valence electrons.